The zero-order valence-corrected chi connectivity index (χ0v) is 11.7. The van der Waals surface area contributed by atoms with Crippen LogP contribution in [0.5, 0.6) is 0 Å². The molecule has 0 aliphatic carbocycles. The molecule has 2 amide bonds. The minimum atomic E-state index is -0.149. The Bertz CT molecular complexity index is 458. The fraction of sp³-hybridized carbons (Fsp3) is 0.429. The first kappa shape index (κ1) is 15.0. The Morgan fingerprint density at radius 2 is 2.00 bits per heavy atom. The van der Waals surface area contributed by atoms with Gasteiger partial charge in [-0.15, -0.1) is 0 Å². The van der Waals surface area contributed by atoms with Crippen LogP contribution in [0.25, 0.3) is 0 Å². The van der Waals surface area contributed by atoms with Gasteiger partial charge >= 0.3 is 0 Å². The first-order valence-electron chi connectivity index (χ1n) is 6.41. The van der Waals surface area contributed by atoms with Crippen molar-refractivity contribution in [2.75, 3.05) is 25.5 Å². The number of carbonyl (C=O) groups is 2. The van der Waals surface area contributed by atoms with Gasteiger partial charge in [0.1, 0.15) is 0 Å². The van der Waals surface area contributed by atoms with Gasteiger partial charge in [-0.1, -0.05) is 0 Å². The lowest BCUT2D eigenvalue weighted by molar-refractivity contribution is -0.120. The lowest BCUT2D eigenvalue weighted by atomic mass is 10.1. The first-order chi connectivity index (χ1) is 9.08. The molecular weight excluding hydrogens is 242 g/mol. The Hall–Kier alpha value is -2.04. The van der Waals surface area contributed by atoms with Crippen molar-refractivity contribution in [1.29, 1.82) is 0 Å². The molecule has 0 radical (unpaired) electrons. The van der Waals surface area contributed by atoms with Gasteiger partial charge in [0.15, 0.2) is 0 Å². The van der Waals surface area contributed by atoms with E-state index in [2.05, 4.69) is 16.0 Å². The minimum absolute atomic E-state index is 0.0838. The molecule has 0 heterocycles. The minimum Gasteiger partial charge on any atom is -0.385 e. The maximum atomic E-state index is 11.9. The molecule has 1 rings (SSSR count). The lowest BCUT2D eigenvalue weighted by Gasteiger charge is -2.10. The first-order valence-corrected chi connectivity index (χ1v) is 6.41. The summed E-state index contributed by atoms with van der Waals surface area (Å²) in [4.78, 5) is 23.0. The van der Waals surface area contributed by atoms with E-state index in [-0.39, 0.29) is 18.2 Å². The number of nitrogens with one attached hydrogen (secondary N) is 3. The van der Waals surface area contributed by atoms with Gasteiger partial charge in [0.25, 0.3) is 5.91 Å². The monoisotopic (exact) mass is 263 g/mol. The van der Waals surface area contributed by atoms with Crippen LogP contribution in [-0.4, -0.2) is 32.0 Å². The van der Waals surface area contributed by atoms with Gasteiger partial charge in [-0.05, 0) is 37.6 Å². The van der Waals surface area contributed by atoms with Crippen LogP contribution in [0.15, 0.2) is 18.2 Å². The van der Waals surface area contributed by atoms with Crippen LogP contribution in [0, 0.1) is 6.92 Å². The van der Waals surface area contributed by atoms with Gasteiger partial charge in [-0.2, -0.15) is 0 Å². The quantitative estimate of drug-likeness (QED) is 0.724. The van der Waals surface area contributed by atoms with E-state index in [1.807, 2.05) is 26.0 Å². The molecule has 1 aromatic rings. The Balaban J connectivity index is 2.59. The van der Waals surface area contributed by atoms with Crippen LogP contribution < -0.4 is 16.0 Å². The predicted octanol–water partition coefficient (Wildman–Crippen LogP) is 1.29. The molecular formula is C14H21N3O2. The molecule has 0 atom stereocenters. The Morgan fingerprint density at radius 1 is 1.26 bits per heavy atom. The number of carbonyl (C=O) groups excluding carboxylic acids is 2. The zero-order chi connectivity index (χ0) is 14.3. The van der Waals surface area contributed by atoms with E-state index in [1.54, 1.807) is 13.1 Å². The molecule has 5 heteroatoms. The number of aryl methyl sites for hydroxylation is 1. The van der Waals surface area contributed by atoms with Crippen LogP contribution in [0.1, 0.15) is 29.3 Å². The molecule has 0 spiro atoms. The summed E-state index contributed by atoms with van der Waals surface area (Å²) in [6.07, 6.45) is 0.288. The van der Waals surface area contributed by atoms with Crippen molar-refractivity contribution in [3.8, 4) is 0 Å². The summed E-state index contributed by atoms with van der Waals surface area (Å²) in [7, 11) is 1.58. The summed E-state index contributed by atoms with van der Waals surface area (Å²) in [5.41, 5.74) is 2.55. The molecule has 0 saturated heterocycles. The molecule has 0 aliphatic rings. The number of amides is 2. The van der Waals surface area contributed by atoms with E-state index in [4.69, 9.17) is 0 Å². The molecule has 3 N–H and O–H groups in total. The van der Waals surface area contributed by atoms with Gasteiger partial charge in [0.2, 0.25) is 5.91 Å². The van der Waals surface area contributed by atoms with Crippen molar-refractivity contribution in [1.82, 2.24) is 10.6 Å². The van der Waals surface area contributed by atoms with E-state index in [0.29, 0.717) is 12.1 Å². The second kappa shape index (κ2) is 7.41. The van der Waals surface area contributed by atoms with E-state index >= 15 is 0 Å². The highest BCUT2D eigenvalue weighted by Gasteiger charge is 2.09. The van der Waals surface area contributed by atoms with Crippen molar-refractivity contribution in [3.05, 3.63) is 29.3 Å². The van der Waals surface area contributed by atoms with E-state index in [9.17, 15) is 9.59 Å². The van der Waals surface area contributed by atoms with Crippen molar-refractivity contribution >= 4 is 17.5 Å². The normalized spacial score (nSPS) is 9.84. The van der Waals surface area contributed by atoms with Crippen molar-refractivity contribution in [3.63, 3.8) is 0 Å². The highest BCUT2D eigenvalue weighted by Crippen LogP contribution is 2.14. The average molecular weight is 263 g/mol. The molecule has 0 saturated carbocycles. The Kier molecular flexibility index (Phi) is 5.85. The topological polar surface area (TPSA) is 70.2 Å². The summed E-state index contributed by atoms with van der Waals surface area (Å²) in [6, 6.07) is 5.61. The number of rotatable bonds is 6. The average Bonchev–Trinajstić information content (AvgIpc) is 2.38. The Morgan fingerprint density at radius 3 is 2.58 bits per heavy atom. The molecule has 1 aromatic carbocycles. The molecule has 0 unspecified atom stereocenters. The van der Waals surface area contributed by atoms with Gasteiger partial charge in [0, 0.05) is 37.8 Å². The maximum absolute atomic E-state index is 11.9. The molecule has 0 aliphatic heterocycles. The molecule has 19 heavy (non-hydrogen) atoms. The van der Waals surface area contributed by atoms with Crippen LogP contribution in [0.3, 0.4) is 0 Å². The second-order valence-corrected chi connectivity index (χ2v) is 4.24. The summed E-state index contributed by atoms with van der Waals surface area (Å²) in [5.74, 6) is -0.232. The van der Waals surface area contributed by atoms with Crippen LogP contribution in [-0.2, 0) is 4.79 Å². The second-order valence-electron chi connectivity index (χ2n) is 4.24. The van der Waals surface area contributed by atoms with Crippen LogP contribution in [0.4, 0.5) is 5.69 Å². The lowest BCUT2D eigenvalue weighted by Crippen LogP contribution is -2.29. The third-order valence-electron chi connectivity index (χ3n) is 2.77. The third kappa shape index (κ3) is 4.62. The van der Waals surface area contributed by atoms with Gasteiger partial charge in [-0.3, -0.25) is 9.59 Å². The SMILES string of the molecule is CCNc1ccc(C(=O)NCCC(=O)NC)c(C)c1. The number of hydrogen-bond donors (Lipinski definition) is 3. The molecule has 0 fully saturated rings. The number of anilines is 1. The van der Waals surface area contributed by atoms with Gasteiger partial charge in [-0.25, -0.2) is 0 Å². The summed E-state index contributed by atoms with van der Waals surface area (Å²) >= 11 is 0. The molecule has 5 nitrogen and oxygen atoms in total. The van der Waals surface area contributed by atoms with Crippen LogP contribution >= 0.6 is 0 Å². The number of hydrogen-bond acceptors (Lipinski definition) is 3. The molecule has 104 valence electrons. The van der Waals surface area contributed by atoms with E-state index in [1.165, 1.54) is 0 Å². The molecule has 0 aromatic heterocycles. The fourth-order valence-corrected chi connectivity index (χ4v) is 1.74. The predicted molar refractivity (Wildman–Crippen MR) is 76.4 cm³/mol. The third-order valence-corrected chi connectivity index (χ3v) is 2.77. The summed E-state index contributed by atoms with van der Waals surface area (Å²) in [6.45, 7) is 5.10. The van der Waals surface area contributed by atoms with E-state index in [0.717, 1.165) is 17.8 Å². The summed E-state index contributed by atoms with van der Waals surface area (Å²) < 4.78 is 0. The summed E-state index contributed by atoms with van der Waals surface area (Å²) in [5, 5.41) is 8.44. The largest absolute Gasteiger partial charge is 0.385 e. The van der Waals surface area contributed by atoms with Crippen LogP contribution in [0.2, 0.25) is 0 Å². The highest BCUT2D eigenvalue weighted by molar-refractivity contribution is 5.96. The van der Waals surface area contributed by atoms with E-state index < -0.39 is 0 Å². The fourth-order valence-electron chi connectivity index (χ4n) is 1.74. The Labute approximate surface area is 113 Å². The van der Waals surface area contributed by atoms with Crippen molar-refractivity contribution in [2.24, 2.45) is 0 Å². The molecule has 0 bridgehead atoms. The zero-order valence-electron chi connectivity index (χ0n) is 11.7. The van der Waals surface area contributed by atoms with Crippen molar-refractivity contribution in [2.45, 2.75) is 20.3 Å². The smallest absolute Gasteiger partial charge is 0.251 e. The van der Waals surface area contributed by atoms with Gasteiger partial charge < -0.3 is 16.0 Å². The highest BCUT2D eigenvalue weighted by atomic mass is 16.2. The van der Waals surface area contributed by atoms with Crippen molar-refractivity contribution < 1.29 is 9.59 Å². The standard InChI is InChI=1S/C14H21N3O2/c1-4-16-11-5-6-12(10(2)9-11)14(19)17-8-7-13(18)15-3/h5-6,9,16H,4,7-8H2,1-3H3,(H,15,18)(H,17,19). The van der Waals surface area contributed by atoms with Gasteiger partial charge in [0.05, 0.1) is 0 Å². The maximum Gasteiger partial charge on any atom is 0.251 e. The number of benzene rings is 1.